The topological polar surface area (TPSA) is 241 Å². The van der Waals surface area contributed by atoms with Crippen molar-refractivity contribution >= 4 is 0 Å². The molecular formula is C42H56N16Zn5+6. The molecule has 6 heterocycles. The molecule has 0 aliphatic carbocycles. The third kappa shape index (κ3) is 15.4. The van der Waals surface area contributed by atoms with Crippen LogP contribution in [0, 0.1) is 41.5 Å². The van der Waals surface area contributed by atoms with Gasteiger partial charge in [0.05, 0.1) is 38.0 Å². The summed E-state index contributed by atoms with van der Waals surface area (Å²) in [6.45, 7) is 18.4. The molecular weight excluding hydrogens is 1060 g/mol. The summed E-state index contributed by atoms with van der Waals surface area (Å²) in [5.74, 6) is 0. The van der Waals surface area contributed by atoms with E-state index in [1.165, 1.54) is 66.8 Å². The zero-order valence-corrected chi connectivity index (χ0v) is 52.7. The van der Waals surface area contributed by atoms with Crippen LogP contribution >= 0.6 is 0 Å². The molecule has 308 valence electrons. The molecule has 16 nitrogen and oxygen atoms in total. The van der Waals surface area contributed by atoms with Gasteiger partial charge in [0.2, 0.25) is 0 Å². The quantitative estimate of drug-likeness (QED) is 0.108. The standard InChI is InChI=1S/2C21H24N6.4H2N.5Zn/c2*1-16-19(10-25-7-4-22-13-25)17(2)21(12-27-9-6-24-15-27)18(3)20(16)11-26-8-5-23-14-26;;;;;;;;;/h2*4-9,13-15H,10-12H2,1-3H3;4*1H2;;;;;/q;;4*-1;5*+2. The molecule has 0 aliphatic rings. The van der Waals surface area contributed by atoms with E-state index in [1.807, 2.05) is 112 Å². The molecule has 0 atom stereocenters. The molecule has 0 saturated carbocycles. The van der Waals surface area contributed by atoms with Crippen molar-refractivity contribution < 1.29 is 97.4 Å². The van der Waals surface area contributed by atoms with Crippen molar-refractivity contribution in [3.05, 3.63) is 204 Å². The molecule has 8 rings (SSSR count). The molecule has 6 aromatic heterocycles. The second-order valence-corrected chi connectivity index (χ2v) is 14.0. The van der Waals surface area contributed by atoms with Gasteiger partial charge in [0.25, 0.3) is 0 Å². The predicted molar refractivity (Wildman–Crippen MR) is 230 cm³/mol. The average molecular weight is 1110 g/mol. The van der Waals surface area contributed by atoms with Crippen molar-refractivity contribution in [3.8, 4) is 0 Å². The van der Waals surface area contributed by atoms with Gasteiger partial charge in [-0.3, -0.25) is 0 Å². The van der Waals surface area contributed by atoms with E-state index < -0.39 is 0 Å². The smallest absolute Gasteiger partial charge is 0.693 e. The van der Waals surface area contributed by atoms with Crippen LogP contribution in [-0.2, 0) is 137 Å². The van der Waals surface area contributed by atoms with Crippen molar-refractivity contribution in [2.75, 3.05) is 0 Å². The van der Waals surface area contributed by atoms with Crippen LogP contribution in [0.3, 0.4) is 0 Å². The fraction of sp³-hybridized carbons (Fsp3) is 0.286. The Labute approximate surface area is 435 Å². The number of hydrogen-bond donors (Lipinski definition) is 0. The second kappa shape index (κ2) is 30.0. The van der Waals surface area contributed by atoms with E-state index in [0.29, 0.717) is 0 Å². The SMILES string of the molecule is Cc1c(Cn2ccnc2)c(C)c(Cn2ccnc2)c(C)c1Cn1ccnc1.Cc1c(Cn2ccnc2)c(C)c(Cn2ccnc2)c(C)c1Cn1ccnc1.[NH2-].[NH2-].[NH2-].[NH2-].[Zn+2].[Zn+2].[Zn+2].[Zn+2].[Zn+2]. The summed E-state index contributed by atoms with van der Waals surface area (Å²) in [5.41, 5.74) is 16.3. The Morgan fingerprint density at radius 3 is 0.492 bits per heavy atom. The first kappa shape index (κ1) is 63.9. The first-order chi connectivity index (χ1) is 26.3. The zero-order chi connectivity index (χ0) is 37.6. The molecule has 8 N–H and O–H groups in total. The van der Waals surface area contributed by atoms with Gasteiger partial charge in [-0.05, 0) is 108 Å². The molecule has 63 heavy (non-hydrogen) atoms. The van der Waals surface area contributed by atoms with Gasteiger partial charge in [0.1, 0.15) is 0 Å². The van der Waals surface area contributed by atoms with E-state index in [1.54, 1.807) is 0 Å². The summed E-state index contributed by atoms with van der Waals surface area (Å²) in [4.78, 5) is 25.2. The number of aromatic nitrogens is 12. The number of hydrogen-bond acceptors (Lipinski definition) is 6. The number of benzene rings is 2. The molecule has 21 heteroatoms. The van der Waals surface area contributed by atoms with Gasteiger partial charge in [-0.1, -0.05) is 0 Å². The summed E-state index contributed by atoms with van der Waals surface area (Å²) < 4.78 is 12.8. The largest absolute Gasteiger partial charge is 2.00 e. The van der Waals surface area contributed by atoms with Crippen molar-refractivity contribution in [2.24, 2.45) is 0 Å². The van der Waals surface area contributed by atoms with Crippen molar-refractivity contribution in [2.45, 2.75) is 80.8 Å². The monoisotopic (exact) mass is 1100 g/mol. The Bertz CT molecular complexity index is 1920. The van der Waals surface area contributed by atoms with Crippen LogP contribution < -0.4 is 0 Å². The third-order valence-corrected chi connectivity index (χ3v) is 10.8. The summed E-state index contributed by atoms with van der Waals surface area (Å²) in [7, 11) is 0. The molecule has 0 spiro atoms. The maximum atomic E-state index is 4.20. The normalized spacial score (nSPS) is 9.62. The molecule has 2 aromatic carbocycles. The van der Waals surface area contributed by atoms with E-state index in [-0.39, 0.29) is 122 Å². The van der Waals surface area contributed by atoms with E-state index in [9.17, 15) is 0 Å². The summed E-state index contributed by atoms with van der Waals surface area (Å²) >= 11 is 0. The first-order valence-electron chi connectivity index (χ1n) is 18.2. The molecule has 0 aliphatic heterocycles. The number of rotatable bonds is 12. The van der Waals surface area contributed by atoms with Crippen molar-refractivity contribution in [1.82, 2.24) is 57.3 Å². The molecule has 0 bridgehead atoms. The average Bonchev–Trinajstić information content (AvgIpc) is 4.02. The van der Waals surface area contributed by atoms with Crippen LogP contribution in [0.15, 0.2) is 112 Å². The van der Waals surface area contributed by atoms with Gasteiger partial charge in [-0.2, -0.15) is 0 Å². The summed E-state index contributed by atoms with van der Waals surface area (Å²) in [6, 6.07) is 0. The van der Waals surface area contributed by atoms with Crippen LogP contribution in [-0.4, -0.2) is 57.3 Å². The Morgan fingerprint density at radius 1 is 0.270 bits per heavy atom. The van der Waals surface area contributed by atoms with Crippen LogP contribution in [0.4, 0.5) is 0 Å². The fourth-order valence-electron chi connectivity index (χ4n) is 7.58. The second-order valence-electron chi connectivity index (χ2n) is 14.0. The van der Waals surface area contributed by atoms with Gasteiger partial charge in [-0.25, -0.2) is 29.9 Å². The van der Waals surface area contributed by atoms with Gasteiger partial charge in [0, 0.05) is 114 Å². The minimum Gasteiger partial charge on any atom is -0.693 e. The van der Waals surface area contributed by atoms with Gasteiger partial charge < -0.3 is 52.0 Å². The predicted octanol–water partition coefficient (Wildman–Crippen LogP) is 9.55. The summed E-state index contributed by atoms with van der Waals surface area (Å²) in [5, 5.41) is 0. The molecule has 0 fully saturated rings. The Balaban J connectivity index is -0.000001000. The van der Waals surface area contributed by atoms with E-state index in [4.69, 9.17) is 0 Å². The van der Waals surface area contributed by atoms with Gasteiger partial charge in [0.15, 0.2) is 0 Å². The van der Waals surface area contributed by atoms with Crippen molar-refractivity contribution in [1.29, 1.82) is 0 Å². The van der Waals surface area contributed by atoms with E-state index in [2.05, 4.69) is 98.8 Å². The number of nitrogens with two attached hydrogens (primary N) is 4. The van der Waals surface area contributed by atoms with Gasteiger partial charge in [-0.15, -0.1) is 0 Å². The minimum absolute atomic E-state index is 0. The Morgan fingerprint density at radius 2 is 0.397 bits per heavy atom. The molecule has 0 radical (unpaired) electrons. The number of nitrogens with zero attached hydrogens (tertiary/aromatic N) is 12. The van der Waals surface area contributed by atoms with Gasteiger partial charge >= 0.3 is 97.4 Å². The minimum atomic E-state index is 0. The fourth-order valence-corrected chi connectivity index (χ4v) is 7.58. The molecule has 0 unspecified atom stereocenters. The van der Waals surface area contributed by atoms with Crippen molar-refractivity contribution in [3.63, 3.8) is 0 Å². The molecule has 0 saturated heterocycles. The Hall–Kier alpha value is -3.34. The molecule has 0 amide bonds. The first-order valence-corrected chi connectivity index (χ1v) is 18.2. The number of imidazole rings is 6. The van der Waals surface area contributed by atoms with Crippen LogP contribution in [0.1, 0.15) is 66.8 Å². The maximum Gasteiger partial charge on any atom is 2.00 e. The third-order valence-electron chi connectivity index (χ3n) is 10.8. The maximum absolute atomic E-state index is 4.20. The Kier molecular flexibility index (Phi) is 30.4. The van der Waals surface area contributed by atoms with Crippen LogP contribution in [0.5, 0.6) is 0 Å². The van der Waals surface area contributed by atoms with E-state index >= 15 is 0 Å². The molecule has 8 aromatic rings. The van der Waals surface area contributed by atoms with Crippen LogP contribution in [0.2, 0.25) is 0 Å². The van der Waals surface area contributed by atoms with E-state index in [0.717, 1.165) is 39.3 Å². The zero-order valence-electron chi connectivity index (χ0n) is 37.8. The summed E-state index contributed by atoms with van der Waals surface area (Å²) in [6.07, 6.45) is 34.4. The van der Waals surface area contributed by atoms with Crippen LogP contribution in [0.25, 0.3) is 24.6 Å².